The Balaban J connectivity index is 1.89. The van der Waals surface area contributed by atoms with Crippen molar-refractivity contribution < 1.29 is 13.2 Å². The Labute approximate surface area is 155 Å². The average Bonchev–Trinajstić information content (AvgIpc) is 3.06. The van der Waals surface area contributed by atoms with Crippen LogP contribution < -0.4 is 9.62 Å². The second-order valence-electron chi connectivity index (χ2n) is 6.99. The number of anilines is 1. The molecule has 6 heteroatoms. The third kappa shape index (κ3) is 3.46. The summed E-state index contributed by atoms with van der Waals surface area (Å²) in [7, 11) is -3.70. The fourth-order valence-electron chi connectivity index (χ4n) is 2.94. The molecular formula is C20H24N2O3S. The van der Waals surface area contributed by atoms with Gasteiger partial charge in [0.25, 0.3) is 15.9 Å². The third-order valence-corrected chi connectivity index (χ3v) is 6.70. The lowest BCUT2D eigenvalue weighted by Crippen LogP contribution is -2.36. The molecule has 1 amide bonds. The van der Waals surface area contributed by atoms with Crippen LogP contribution >= 0.6 is 0 Å². The van der Waals surface area contributed by atoms with Gasteiger partial charge in [-0.2, -0.15) is 0 Å². The van der Waals surface area contributed by atoms with Gasteiger partial charge in [-0.3, -0.25) is 9.10 Å². The number of rotatable bonds is 5. The molecule has 1 unspecified atom stereocenters. The predicted octanol–water partition coefficient (Wildman–Crippen LogP) is 3.21. The van der Waals surface area contributed by atoms with Gasteiger partial charge in [0.05, 0.1) is 10.6 Å². The largest absolute Gasteiger partial charge is 0.349 e. The number of nitrogens with one attached hydrogen (secondary N) is 1. The van der Waals surface area contributed by atoms with E-state index in [1.54, 1.807) is 18.2 Å². The molecule has 26 heavy (non-hydrogen) atoms. The molecule has 1 aliphatic rings. The SMILES string of the molecule is CC(C)C(C)NC(=O)c1cccc(S(=O)(=O)N2CCc3ccccc32)c1. The summed E-state index contributed by atoms with van der Waals surface area (Å²) in [6, 6.07) is 13.8. The van der Waals surface area contributed by atoms with Gasteiger partial charge in [0, 0.05) is 18.2 Å². The minimum absolute atomic E-state index is 0.00761. The van der Waals surface area contributed by atoms with E-state index in [9.17, 15) is 13.2 Å². The van der Waals surface area contributed by atoms with Crippen molar-refractivity contribution in [2.45, 2.75) is 38.1 Å². The van der Waals surface area contributed by atoms with E-state index in [0.29, 0.717) is 24.4 Å². The molecule has 2 aromatic rings. The second kappa shape index (κ2) is 7.11. The number of carbonyl (C=O) groups is 1. The molecule has 1 aliphatic heterocycles. The Morgan fingerprint density at radius 3 is 2.54 bits per heavy atom. The van der Waals surface area contributed by atoms with Crippen molar-refractivity contribution in [3.8, 4) is 0 Å². The number of sulfonamides is 1. The Kier molecular flexibility index (Phi) is 5.05. The summed E-state index contributed by atoms with van der Waals surface area (Å²) in [4.78, 5) is 12.6. The van der Waals surface area contributed by atoms with E-state index in [0.717, 1.165) is 11.3 Å². The Morgan fingerprint density at radius 2 is 1.81 bits per heavy atom. The highest BCUT2D eigenvalue weighted by atomic mass is 32.2. The van der Waals surface area contributed by atoms with E-state index in [1.165, 1.54) is 10.4 Å². The zero-order valence-corrected chi connectivity index (χ0v) is 16.1. The van der Waals surface area contributed by atoms with Crippen LogP contribution in [0.2, 0.25) is 0 Å². The molecule has 0 fully saturated rings. The number of benzene rings is 2. The summed E-state index contributed by atoms with van der Waals surface area (Å²) in [5.41, 5.74) is 2.09. The van der Waals surface area contributed by atoms with Gasteiger partial charge in [0.15, 0.2) is 0 Å². The fourth-order valence-corrected chi connectivity index (χ4v) is 4.49. The Morgan fingerprint density at radius 1 is 1.08 bits per heavy atom. The van der Waals surface area contributed by atoms with Crippen molar-refractivity contribution in [3.05, 3.63) is 59.7 Å². The third-order valence-electron chi connectivity index (χ3n) is 4.89. The number of hydrogen-bond donors (Lipinski definition) is 1. The number of para-hydroxylation sites is 1. The van der Waals surface area contributed by atoms with Gasteiger partial charge >= 0.3 is 0 Å². The van der Waals surface area contributed by atoms with E-state index in [2.05, 4.69) is 5.32 Å². The average molecular weight is 372 g/mol. The van der Waals surface area contributed by atoms with Crippen molar-refractivity contribution in [1.29, 1.82) is 0 Å². The van der Waals surface area contributed by atoms with Gasteiger partial charge < -0.3 is 5.32 Å². The minimum Gasteiger partial charge on any atom is -0.349 e. The first kappa shape index (κ1) is 18.5. The number of fused-ring (bicyclic) bond motifs is 1. The predicted molar refractivity (Wildman–Crippen MR) is 103 cm³/mol. The Bertz CT molecular complexity index is 922. The number of amides is 1. The summed E-state index contributed by atoms with van der Waals surface area (Å²) < 4.78 is 27.6. The van der Waals surface area contributed by atoms with Crippen LogP contribution in [0.4, 0.5) is 5.69 Å². The van der Waals surface area contributed by atoms with Crippen LogP contribution in [0.1, 0.15) is 36.7 Å². The summed E-state index contributed by atoms with van der Waals surface area (Å²) in [6.45, 7) is 6.40. The molecule has 0 saturated heterocycles. The van der Waals surface area contributed by atoms with Crippen LogP contribution in [0.5, 0.6) is 0 Å². The molecule has 0 spiro atoms. The molecule has 2 aromatic carbocycles. The molecule has 0 radical (unpaired) electrons. The van der Waals surface area contributed by atoms with Gasteiger partial charge in [0.1, 0.15) is 0 Å². The van der Waals surface area contributed by atoms with E-state index in [1.807, 2.05) is 45.0 Å². The molecule has 3 rings (SSSR count). The van der Waals surface area contributed by atoms with Crippen molar-refractivity contribution in [2.75, 3.05) is 10.8 Å². The number of carbonyl (C=O) groups excluding carboxylic acids is 1. The van der Waals surface area contributed by atoms with Crippen molar-refractivity contribution >= 4 is 21.6 Å². The van der Waals surface area contributed by atoms with Crippen LogP contribution in [-0.4, -0.2) is 26.9 Å². The molecule has 1 N–H and O–H groups in total. The van der Waals surface area contributed by atoms with E-state index in [-0.39, 0.29) is 16.8 Å². The van der Waals surface area contributed by atoms with Gasteiger partial charge in [0.2, 0.25) is 0 Å². The maximum atomic E-state index is 13.1. The first-order valence-corrected chi connectivity index (χ1v) is 10.3. The summed E-state index contributed by atoms with van der Waals surface area (Å²) in [6.07, 6.45) is 0.696. The lowest BCUT2D eigenvalue weighted by atomic mass is 10.1. The van der Waals surface area contributed by atoms with Crippen LogP contribution in [-0.2, 0) is 16.4 Å². The monoisotopic (exact) mass is 372 g/mol. The van der Waals surface area contributed by atoms with Crippen molar-refractivity contribution in [3.63, 3.8) is 0 Å². The lowest BCUT2D eigenvalue weighted by molar-refractivity contribution is 0.0930. The van der Waals surface area contributed by atoms with Crippen molar-refractivity contribution in [1.82, 2.24) is 5.32 Å². The van der Waals surface area contributed by atoms with Gasteiger partial charge in [-0.15, -0.1) is 0 Å². The summed E-state index contributed by atoms with van der Waals surface area (Å²) in [5, 5.41) is 2.91. The van der Waals surface area contributed by atoms with E-state index in [4.69, 9.17) is 0 Å². The molecule has 1 heterocycles. The molecule has 5 nitrogen and oxygen atoms in total. The highest BCUT2D eigenvalue weighted by molar-refractivity contribution is 7.92. The second-order valence-corrected chi connectivity index (χ2v) is 8.85. The maximum Gasteiger partial charge on any atom is 0.264 e. The van der Waals surface area contributed by atoms with Crippen LogP contribution in [0, 0.1) is 5.92 Å². The zero-order valence-electron chi connectivity index (χ0n) is 15.3. The number of hydrogen-bond acceptors (Lipinski definition) is 3. The van der Waals surface area contributed by atoms with E-state index < -0.39 is 10.0 Å². The van der Waals surface area contributed by atoms with Gasteiger partial charge in [-0.05, 0) is 49.1 Å². The lowest BCUT2D eigenvalue weighted by Gasteiger charge is -2.20. The van der Waals surface area contributed by atoms with Gasteiger partial charge in [-0.25, -0.2) is 8.42 Å². The summed E-state index contributed by atoms with van der Waals surface area (Å²) in [5.74, 6) is 0.0389. The van der Waals surface area contributed by atoms with Crippen LogP contribution in [0.3, 0.4) is 0 Å². The molecule has 0 aliphatic carbocycles. The number of nitrogens with zero attached hydrogens (tertiary/aromatic N) is 1. The Hall–Kier alpha value is -2.34. The molecule has 0 bridgehead atoms. The molecule has 0 aromatic heterocycles. The zero-order chi connectivity index (χ0) is 18.9. The minimum atomic E-state index is -3.70. The molecule has 0 saturated carbocycles. The molecular weight excluding hydrogens is 348 g/mol. The standard InChI is InChI=1S/C20H24N2O3S/c1-14(2)15(3)21-20(23)17-8-6-9-18(13-17)26(24,25)22-12-11-16-7-4-5-10-19(16)22/h4-10,13-15H,11-12H2,1-3H3,(H,21,23). The maximum absolute atomic E-state index is 13.1. The normalized spacial score (nSPS) is 15.0. The highest BCUT2D eigenvalue weighted by Crippen LogP contribution is 2.32. The first-order chi connectivity index (χ1) is 12.3. The van der Waals surface area contributed by atoms with Crippen molar-refractivity contribution in [2.24, 2.45) is 5.92 Å². The van der Waals surface area contributed by atoms with Crippen LogP contribution in [0.25, 0.3) is 0 Å². The summed E-state index contributed by atoms with van der Waals surface area (Å²) >= 11 is 0. The topological polar surface area (TPSA) is 66.5 Å². The smallest absolute Gasteiger partial charge is 0.264 e. The quantitative estimate of drug-likeness (QED) is 0.876. The van der Waals surface area contributed by atoms with E-state index >= 15 is 0 Å². The highest BCUT2D eigenvalue weighted by Gasteiger charge is 2.31. The van der Waals surface area contributed by atoms with Crippen LogP contribution in [0.15, 0.2) is 53.4 Å². The molecule has 1 atom stereocenters. The fraction of sp³-hybridized carbons (Fsp3) is 0.350. The molecule has 138 valence electrons. The van der Waals surface area contributed by atoms with Gasteiger partial charge in [-0.1, -0.05) is 38.1 Å². The first-order valence-electron chi connectivity index (χ1n) is 8.82.